The fraction of sp³-hybridized carbons (Fsp3) is 0.846. The summed E-state index contributed by atoms with van der Waals surface area (Å²) in [6.07, 6.45) is 0. The zero-order valence-electron chi connectivity index (χ0n) is 12.0. The van der Waals surface area contributed by atoms with E-state index in [1.165, 1.54) is 0 Å². The minimum atomic E-state index is -0.421. The van der Waals surface area contributed by atoms with Gasteiger partial charge in [0, 0.05) is 30.5 Å². The average Bonchev–Trinajstić information content (AvgIpc) is 2.44. The van der Waals surface area contributed by atoms with E-state index in [9.17, 15) is 9.59 Å². The third-order valence-electron chi connectivity index (χ3n) is 3.09. The third kappa shape index (κ3) is 4.69. The lowest BCUT2D eigenvalue weighted by molar-refractivity contribution is -0.155. The van der Waals surface area contributed by atoms with Crippen molar-refractivity contribution in [2.45, 2.75) is 26.8 Å². The molecule has 6 heteroatoms. The number of rotatable bonds is 6. The summed E-state index contributed by atoms with van der Waals surface area (Å²) < 4.78 is 5.06. The van der Waals surface area contributed by atoms with Crippen LogP contribution >= 0.6 is 11.8 Å². The predicted octanol–water partition coefficient (Wildman–Crippen LogP) is 0.739. The van der Waals surface area contributed by atoms with Crippen molar-refractivity contribution in [1.82, 2.24) is 10.2 Å². The Morgan fingerprint density at radius 2 is 2.21 bits per heavy atom. The molecule has 0 spiro atoms. The molecule has 110 valence electrons. The molecule has 2 atom stereocenters. The maximum Gasteiger partial charge on any atom is 0.329 e. The van der Waals surface area contributed by atoms with E-state index in [-0.39, 0.29) is 17.8 Å². The monoisotopic (exact) mass is 288 g/mol. The van der Waals surface area contributed by atoms with Gasteiger partial charge >= 0.3 is 5.97 Å². The van der Waals surface area contributed by atoms with Gasteiger partial charge in [0.15, 0.2) is 0 Å². The largest absolute Gasteiger partial charge is 0.464 e. The molecule has 1 fully saturated rings. The number of thioether (sulfide) groups is 1. The summed E-state index contributed by atoms with van der Waals surface area (Å²) in [5.74, 6) is 1.17. The number of carbonyl (C=O) groups is 2. The summed E-state index contributed by atoms with van der Waals surface area (Å²) in [4.78, 5) is 26.0. The lowest BCUT2D eigenvalue weighted by atomic mass is 10.1. The van der Waals surface area contributed by atoms with Crippen LogP contribution in [-0.2, 0) is 14.3 Å². The second-order valence-electron chi connectivity index (χ2n) is 4.58. The van der Waals surface area contributed by atoms with Gasteiger partial charge in [0.1, 0.15) is 6.04 Å². The van der Waals surface area contributed by atoms with E-state index in [1.54, 1.807) is 23.6 Å². The standard InChI is InChI=1S/C13H24N2O3S/c1-4-14-8-10(3)12(16)15-6-7-19-9-11(15)13(17)18-5-2/h10-11,14H,4-9H2,1-3H3. The smallest absolute Gasteiger partial charge is 0.329 e. The van der Waals surface area contributed by atoms with E-state index in [1.807, 2.05) is 13.8 Å². The lowest BCUT2D eigenvalue weighted by Gasteiger charge is -2.35. The van der Waals surface area contributed by atoms with Crippen LogP contribution in [0.3, 0.4) is 0 Å². The Labute approximate surface area is 119 Å². The van der Waals surface area contributed by atoms with E-state index < -0.39 is 6.04 Å². The van der Waals surface area contributed by atoms with Gasteiger partial charge in [-0.3, -0.25) is 4.79 Å². The Hall–Kier alpha value is -0.750. The van der Waals surface area contributed by atoms with Crippen LogP contribution in [-0.4, -0.2) is 60.6 Å². The summed E-state index contributed by atoms with van der Waals surface area (Å²) in [6.45, 7) is 8.17. The number of nitrogens with one attached hydrogen (secondary N) is 1. The molecule has 0 radical (unpaired) electrons. The van der Waals surface area contributed by atoms with E-state index in [0.717, 1.165) is 12.3 Å². The predicted molar refractivity (Wildman–Crippen MR) is 77.2 cm³/mol. The fourth-order valence-electron chi connectivity index (χ4n) is 2.03. The first kappa shape index (κ1) is 16.3. The topological polar surface area (TPSA) is 58.6 Å². The number of esters is 1. The van der Waals surface area contributed by atoms with Crippen molar-refractivity contribution in [2.75, 3.05) is 37.7 Å². The van der Waals surface area contributed by atoms with Gasteiger partial charge in [0.05, 0.1) is 6.61 Å². The van der Waals surface area contributed by atoms with Crippen LogP contribution in [0.15, 0.2) is 0 Å². The van der Waals surface area contributed by atoms with Gasteiger partial charge in [-0.15, -0.1) is 0 Å². The highest BCUT2D eigenvalue weighted by molar-refractivity contribution is 7.99. The van der Waals surface area contributed by atoms with E-state index in [2.05, 4.69) is 5.32 Å². The van der Waals surface area contributed by atoms with Crippen LogP contribution in [0.4, 0.5) is 0 Å². The van der Waals surface area contributed by atoms with Crippen molar-refractivity contribution in [2.24, 2.45) is 5.92 Å². The molecule has 1 aliphatic rings. The van der Waals surface area contributed by atoms with Crippen molar-refractivity contribution in [3.8, 4) is 0 Å². The van der Waals surface area contributed by atoms with Gasteiger partial charge in [0.2, 0.25) is 5.91 Å². The number of amides is 1. The van der Waals surface area contributed by atoms with Crippen LogP contribution in [0.5, 0.6) is 0 Å². The van der Waals surface area contributed by atoms with E-state index >= 15 is 0 Å². The molecule has 0 aromatic rings. The molecule has 0 aromatic heterocycles. The molecule has 0 saturated carbocycles. The molecule has 2 unspecified atom stereocenters. The summed E-state index contributed by atoms with van der Waals surface area (Å²) in [7, 11) is 0. The highest BCUT2D eigenvalue weighted by atomic mass is 32.2. The molecular weight excluding hydrogens is 264 g/mol. The van der Waals surface area contributed by atoms with Crippen LogP contribution in [0.25, 0.3) is 0 Å². The molecule has 1 aliphatic heterocycles. The molecule has 1 saturated heterocycles. The first-order chi connectivity index (χ1) is 9.11. The summed E-state index contributed by atoms with van der Waals surface area (Å²) >= 11 is 1.70. The summed E-state index contributed by atoms with van der Waals surface area (Å²) in [5, 5.41) is 3.17. The number of carbonyl (C=O) groups excluding carboxylic acids is 2. The number of hydrogen-bond donors (Lipinski definition) is 1. The number of hydrogen-bond acceptors (Lipinski definition) is 5. The SMILES string of the molecule is CCNCC(C)C(=O)N1CCSCC1C(=O)OCC. The Kier molecular flexibility index (Phi) is 7.23. The van der Waals surface area contributed by atoms with Crippen LogP contribution in [0.1, 0.15) is 20.8 Å². The summed E-state index contributed by atoms with van der Waals surface area (Å²) in [5.41, 5.74) is 0. The Morgan fingerprint density at radius 1 is 1.47 bits per heavy atom. The molecule has 5 nitrogen and oxygen atoms in total. The van der Waals surface area contributed by atoms with Gasteiger partial charge in [-0.2, -0.15) is 11.8 Å². The van der Waals surface area contributed by atoms with Crippen LogP contribution in [0, 0.1) is 5.92 Å². The molecule has 1 heterocycles. The molecular formula is C13H24N2O3S. The molecule has 0 aliphatic carbocycles. The second kappa shape index (κ2) is 8.43. The van der Waals surface area contributed by atoms with E-state index in [4.69, 9.17) is 4.74 Å². The van der Waals surface area contributed by atoms with Crippen LogP contribution in [0.2, 0.25) is 0 Å². The fourth-order valence-corrected chi connectivity index (χ4v) is 3.06. The summed E-state index contributed by atoms with van der Waals surface area (Å²) in [6, 6.07) is -0.421. The first-order valence-corrected chi connectivity index (χ1v) is 8.02. The molecule has 1 amide bonds. The zero-order chi connectivity index (χ0) is 14.3. The van der Waals surface area contributed by atoms with Crippen LogP contribution < -0.4 is 5.32 Å². The zero-order valence-corrected chi connectivity index (χ0v) is 12.8. The van der Waals surface area contributed by atoms with Crippen molar-refractivity contribution < 1.29 is 14.3 Å². The lowest BCUT2D eigenvalue weighted by Crippen LogP contribution is -2.53. The van der Waals surface area contributed by atoms with Gasteiger partial charge in [0.25, 0.3) is 0 Å². The first-order valence-electron chi connectivity index (χ1n) is 6.87. The Balaban J connectivity index is 2.65. The minimum absolute atomic E-state index is 0.0410. The number of nitrogens with zero attached hydrogens (tertiary/aromatic N) is 1. The van der Waals surface area contributed by atoms with E-state index in [0.29, 0.717) is 25.4 Å². The molecule has 0 bridgehead atoms. The van der Waals surface area contributed by atoms with Gasteiger partial charge in [-0.05, 0) is 13.5 Å². The van der Waals surface area contributed by atoms with Gasteiger partial charge < -0.3 is 15.0 Å². The highest BCUT2D eigenvalue weighted by Gasteiger charge is 2.35. The Bertz CT molecular complexity index is 312. The minimum Gasteiger partial charge on any atom is -0.464 e. The van der Waals surface area contributed by atoms with Crippen molar-refractivity contribution in [1.29, 1.82) is 0 Å². The quantitative estimate of drug-likeness (QED) is 0.731. The number of ether oxygens (including phenoxy) is 1. The van der Waals surface area contributed by atoms with Crippen molar-refractivity contribution in [3.63, 3.8) is 0 Å². The molecule has 19 heavy (non-hydrogen) atoms. The highest BCUT2D eigenvalue weighted by Crippen LogP contribution is 2.19. The Morgan fingerprint density at radius 3 is 2.84 bits per heavy atom. The van der Waals surface area contributed by atoms with Crippen molar-refractivity contribution >= 4 is 23.6 Å². The molecule has 0 aromatic carbocycles. The molecule has 1 rings (SSSR count). The normalized spacial score (nSPS) is 21.0. The van der Waals surface area contributed by atoms with Gasteiger partial charge in [-0.1, -0.05) is 13.8 Å². The second-order valence-corrected chi connectivity index (χ2v) is 5.73. The molecule has 1 N–H and O–H groups in total. The van der Waals surface area contributed by atoms with Crippen molar-refractivity contribution in [3.05, 3.63) is 0 Å². The third-order valence-corrected chi connectivity index (χ3v) is 4.12. The van der Waals surface area contributed by atoms with Gasteiger partial charge in [-0.25, -0.2) is 4.79 Å². The average molecular weight is 288 g/mol. The maximum absolute atomic E-state index is 12.4. The maximum atomic E-state index is 12.4.